The zero-order chi connectivity index (χ0) is 23.9. The molecule has 0 bridgehead atoms. The number of thioether (sulfide) groups is 1. The van der Waals surface area contributed by atoms with Gasteiger partial charge < -0.3 is 15.0 Å². The van der Waals surface area contributed by atoms with Crippen molar-refractivity contribution in [1.29, 1.82) is 0 Å². The molecule has 0 spiro atoms. The summed E-state index contributed by atoms with van der Waals surface area (Å²) < 4.78 is 5.04. The van der Waals surface area contributed by atoms with E-state index in [1.165, 1.54) is 11.8 Å². The quantitative estimate of drug-likeness (QED) is 0.350. The van der Waals surface area contributed by atoms with Crippen molar-refractivity contribution in [2.45, 2.75) is 24.8 Å². The van der Waals surface area contributed by atoms with Crippen LogP contribution in [-0.4, -0.2) is 32.1 Å². The lowest BCUT2D eigenvalue weighted by molar-refractivity contribution is -0.114. The number of methoxy groups -OCH3 is 1. The van der Waals surface area contributed by atoms with Crippen LogP contribution in [0.4, 0.5) is 5.69 Å². The predicted molar refractivity (Wildman–Crippen MR) is 138 cm³/mol. The number of anilines is 1. The number of nitrogens with one attached hydrogen (secondary N) is 1. The second-order valence-corrected chi connectivity index (χ2v) is 9.27. The summed E-state index contributed by atoms with van der Waals surface area (Å²) in [6.45, 7) is 3.60. The van der Waals surface area contributed by atoms with Crippen LogP contribution < -0.4 is 10.2 Å². The lowest BCUT2D eigenvalue weighted by atomic mass is 10.1. The number of nitrogens with zero attached hydrogens (tertiary/aromatic N) is 1. The van der Waals surface area contributed by atoms with Gasteiger partial charge in [0, 0.05) is 30.7 Å². The minimum Gasteiger partial charge on any atom is -0.385 e. The summed E-state index contributed by atoms with van der Waals surface area (Å²) in [6, 6.07) is 23.6. The van der Waals surface area contributed by atoms with Gasteiger partial charge in [0.25, 0.3) is 11.8 Å². The van der Waals surface area contributed by atoms with E-state index in [9.17, 15) is 9.59 Å². The number of carbonyl (C=O) groups excluding carboxylic acids is 2. The molecule has 5 nitrogen and oxygen atoms in total. The molecule has 0 radical (unpaired) electrons. The van der Waals surface area contributed by atoms with Crippen LogP contribution in [-0.2, 0) is 16.1 Å². The first-order valence-electron chi connectivity index (χ1n) is 11.3. The molecule has 0 saturated carbocycles. The van der Waals surface area contributed by atoms with Crippen molar-refractivity contribution in [3.05, 3.63) is 100.0 Å². The topological polar surface area (TPSA) is 58.6 Å². The molecule has 1 aliphatic rings. The first-order chi connectivity index (χ1) is 16.5. The van der Waals surface area contributed by atoms with Crippen LogP contribution in [0, 0.1) is 6.92 Å². The largest absolute Gasteiger partial charge is 0.385 e. The van der Waals surface area contributed by atoms with E-state index >= 15 is 0 Å². The summed E-state index contributed by atoms with van der Waals surface area (Å²) in [5.74, 6) is -0.224. The van der Waals surface area contributed by atoms with Crippen molar-refractivity contribution < 1.29 is 14.3 Å². The summed E-state index contributed by atoms with van der Waals surface area (Å²) in [7, 11) is 1.64. The van der Waals surface area contributed by atoms with Crippen molar-refractivity contribution in [3.63, 3.8) is 0 Å². The molecular weight excluding hydrogens is 444 g/mol. The van der Waals surface area contributed by atoms with Gasteiger partial charge in [-0.3, -0.25) is 9.59 Å². The number of benzene rings is 3. The fraction of sp³-hybridized carbons (Fsp3) is 0.214. The summed E-state index contributed by atoms with van der Waals surface area (Å²) in [6.07, 6.45) is 2.67. The fourth-order valence-corrected chi connectivity index (χ4v) is 4.86. The van der Waals surface area contributed by atoms with Gasteiger partial charge in [0.1, 0.15) is 0 Å². The Morgan fingerprint density at radius 3 is 2.65 bits per heavy atom. The second-order valence-electron chi connectivity index (χ2n) is 8.19. The molecule has 1 N–H and O–H groups in total. The lowest BCUT2D eigenvalue weighted by Crippen LogP contribution is -2.34. The van der Waals surface area contributed by atoms with Gasteiger partial charge in [-0.15, -0.1) is 0 Å². The molecule has 4 rings (SSSR count). The van der Waals surface area contributed by atoms with Crippen LogP contribution in [0.5, 0.6) is 0 Å². The van der Waals surface area contributed by atoms with E-state index in [0.717, 1.165) is 33.7 Å². The number of carbonyl (C=O) groups is 2. The summed E-state index contributed by atoms with van der Waals surface area (Å²) in [5, 5.41) is 2.92. The summed E-state index contributed by atoms with van der Waals surface area (Å²) in [4.78, 5) is 29.7. The average Bonchev–Trinajstić information content (AvgIpc) is 2.85. The summed E-state index contributed by atoms with van der Waals surface area (Å²) >= 11 is 1.44. The molecule has 0 fully saturated rings. The third-order valence-electron chi connectivity index (χ3n) is 5.52. The van der Waals surface area contributed by atoms with Gasteiger partial charge in [-0.1, -0.05) is 71.9 Å². The van der Waals surface area contributed by atoms with E-state index in [1.807, 2.05) is 79.7 Å². The van der Waals surface area contributed by atoms with Gasteiger partial charge in [-0.25, -0.2) is 0 Å². The molecule has 0 aromatic heterocycles. The molecule has 0 aliphatic carbocycles. The third-order valence-corrected chi connectivity index (χ3v) is 6.60. The normalized spacial score (nSPS) is 14.2. The molecule has 3 aromatic rings. The van der Waals surface area contributed by atoms with E-state index in [1.54, 1.807) is 12.0 Å². The molecule has 0 saturated heterocycles. The Bertz CT molecular complexity index is 1210. The van der Waals surface area contributed by atoms with Gasteiger partial charge in [-0.2, -0.15) is 0 Å². The second kappa shape index (κ2) is 11.2. The number of rotatable bonds is 8. The van der Waals surface area contributed by atoms with Gasteiger partial charge in [0.2, 0.25) is 0 Å². The number of hydrogen-bond acceptors (Lipinski definition) is 4. The van der Waals surface area contributed by atoms with Crippen molar-refractivity contribution in [1.82, 2.24) is 5.32 Å². The highest BCUT2D eigenvalue weighted by molar-refractivity contribution is 8.04. The predicted octanol–water partition coefficient (Wildman–Crippen LogP) is 5.44. The standard InChI is InChI=1S/C28H28N2O3S/c1-20-8-6-11-22(16-20)19-30-24-18-23(27(31)29-14-7-15-33-2)12-13-25(24)34-26(28(30)32)17-21-9-4-3-5-10-21/h3-6,8-13,16-18H,7,14-15,19H2,1-2H3,(H,29,31). The van der Waals surface area contributed by atoms with Gasteiger partial charge in [0.15, 0.2) is 0 Å². The Hall–Kier alpha value is -3.35. The van der Waals surface area contributed by atoms with E-state index in [4.69, 9.17) is 4.74 Å². The Labute approximate surface area is 204 Å². The van der Waals surface area contributed by atoms with Crippen molar-refractivity contribution in [3.8, 4) is 0 Å². The van der Waals surface area contributed by atoms with E-state index in [0.29, 0.717) is 30.2 Å². The minimum absolute atomic E-state index is 0.0690. The SMILES string of the molecule is COCCCNC(=O)c1ccc2c(c1)N(Cc1cccc(C)c1)C(=O)C(=Cc1ccccc1)S2. The first kappa shape index (κ1) is 23.8. The Kier molecular flexibility index (Phi) is 7.83. The zero-order valence-corrected chi connectivity index (χ0v) is 20.2. The number of ether oxygens (including phenoxy) is 1. The maximum Gasteiger partial charge on any atom is 0.265 e. The van der Waals surface area contributed by atoms with E-state index < -0.39 is 0 Å². The molecule has 1 aliphatic heterocycles. The number of fused-ring (bicyclic) bond motifs is 1. The highest BCUT2D eigenvalue weighted by Crippen LogP contribution is 2.43. The molecule has 6 heteroatoms. The van der Waals surface area contributed by atoms with Crippen molar-refractivity contribution in [2.24, 2.45) is 0 Å². The Balaban J connectivity index is 1.67. The molecule has 2 amide bonds. The van der Waals surface area contributed by atoms with Crippen LogP contribution in [0.25, 0.3) is 6.08 Å². The number of hydrogen-bond donors (Lipinski definition) is 1. The highest BCUT2D eigenvalue weighted by Gasteiger charge is 2.30. The molecular formula is C28H28N2O3S. The minimum atomic E-state index is -0.155. The summed E-state index contributed by atoms with van der Waals surface area (Å²) in [5.41, 5.74) is 4.45. The third kappa shape index (κ3) is 5.76. The molecule has 3 aromatic carbocycles. The van der Waals surface area contributed by atoms with Crippen LogP contribution in [0.2, 0.25) is 0 Å². The van der Waals surface area contributed by atoms with Crippen LogP contribution >= 0.6 is 11.8 Å². The lowest BCUT2D eigenvalue weighted by Gasteiger charge is -2.31. The van der Waals surface area contributed by atoms with Crippen LogP contribution in [0.3, 0.4) is 0 Å². The maximum atomic E-state index is 13.6. The monoisotopic (exact) mass is 472 g/mol. The first-order valence-corrected chi connectivity index (χ1v) is 12.1. The van der Waals surface area contributed by atoms with Gasteiger partial charge in [-0.05, 0) is 48.7 Å². The Morgan fingerprint density at radius 2 is 1.88 bits per heavy atom. The molecule has 1 heterocycles. The van der Waals surface area contributed by atoms with Gasteiger partial charge >= 0.3 is 0 Å². The molecule has 34 heavy (non-hydrogen) atoms. The maximum absolute atomic E-state index is 13.6. The number of amides is 2. The highest BCUT2D eigenvalue weighted by atomic mass is 32.2. The van der Waals surface area contributed by atoms with E-state index in [2.05, 4.69) is 11.4 Å². The van der Waals surface area contributed by atoms with Gasteiger partial charge in [0.05, 0.1) is 17.1 Å². The van der Waals surface area contributed by atoms with Crippen molar-refractivity contribution in [2.75, 3.05) is 25.2 Å². The van der Waals surface area contributed by atoms with Crippen LogP contribution in [0.15, 0.2) is 82.6 Å². The molecule has 0 unspecified atom stereocenters. The average molecular weight is 473 g/mol. The van der Waals surface area contributed by atoms with Crippen LogP contribution in [0.1, 0.15) is 33.5 Å². The fourth-order valence-electron chi connectivity index (χ4n) is 3.82. The smallest absolute Gasteiger partial charge is 0.265 e. The Morgan fingerprint density at radius 1 is 1.06 bits per heavy atom. The van der Waals surface area contributed by atoms with E-state index in [-0.39, 0.29) is 11.8 Å². The molecule has 0 atom stereocenters. The molecule has 174 valence electrons. The zero-order valence-electron chi connectivity index (χ0n) is 19.4. The number of aryl methyl sites for hydroxylation is 1. The van der Waals surface area contributed by atoms with Crippen molar-refractivity contribution >= 4 is 35.3 Å².